The average molecular weight is 276 g/mol. The minimum atomic E-state index is -0.0218. The Morgan fingerprint density at radius 2 is 2.05 bits per heavy atom. The average Bonchev–Trinajstić information content (AvgIpc) is 3.28. The third kappa shape index (κ3) is 5.31. The van der Waals surface area contributed by atoms with Crippen molar-refractivity contribution in [1.29, 1.82) is 0 Å². The van der Waals surface area contributed by atoms with Gasteiger partial charge in [0.15, 0.2) is 0 Å². The molecule has 1 aromatic carbocycles. The molecule has 4 nitrogen and oxygen atoms in total. The van der Waals surface area contributed by atoms with Crippen LogP contribution in [0.3, 0.4) is 0 Å². The van der Waals surface area contributed by atoms with E-state index in [1.165, 1.54) is 12.8 Å². The summed E-state index contributed by atoms with van der Waals surface area (Å²) in [6.07, 6.45) is 4.34. The van der Waals surface area contributed by atoms with Crippen LogP contribution in [0.2, 0.25) is 0 Å². The summed E-state index contributed by atoms with van der Waals surface area (Å²) in [7, 11) is 0. The van der Waals surface area contributed by atoms with Gasteiger partial charge in [-0.05, 0) is 55.8 Å². The van der Waals surface area contributed by atoms with Crippen LogP contribution in [0, 0.1) is 5.92 Å². The van der Waals surface area contributed by atoms with E-state index in [4.69, 9.17) is 10.5 Å². The second-order valence-electron chi connectivity index (χ2n) is 5.36. The maximum absolute atomic E-state index is 11.9. The molecule has 0 heterocycles. The fourth-order valence-corrected chi connectivity index (χ4v) is 2.00. The summed E-state index contributed by atoms with van der Waals surface area (Å²) in [5.74, 6) is 0.781. The lowest BCUT2D eigenvalue weighted by Crippen LogP contribution is -2.25. The van der Waals surface area contributed by atoms with Crippen molar-refractivity contribution in [3.8, 4) is 0 Å². The van der Waals surface area contributed by atoms with E-state index in [1.807, 2.05) is 24.3 Å². The molecule has 4 heteroatoms. The fourth-order valence-electron chi connectivity index (χ4n) is 2.00. The SMILES string of the molecule is NCCc1ccc(C(=O)NCCCOCC2CC2)cc1. The summed E-state index contributed by atoms with van der Waals surface area (Å²) in [4.78, 5) is 11.9. The Hall–Kier alpha value is -1.39. The summed E-state index contributed by atoms with van der Waals surface area (Å²) in [6, 6.07) is 7.62. The van der Waals surface area contributed by atoms with Gasteiger partial charge >= 0.3 is 0 Å². The van der Waals surface area contributed by atoms with E-state index >= 15 is 0 Å². The number of hydrogen-bond acceptors (Lipinski definition) is 3. The summed E-state index contributed by atoms with van der Waals surface area (Å²) >= 11 is 0. The maximum Gasteiger partial charge on any atom is 0.251 e. The van der Waals surface area contributed by atoms with Crippen LogP contribution < -0.4 is 11.1 Å². The zero-order chi connectivity index (χ0) is 14.2. The molecule has 1 aliphatic carbocycles. The van der Waals surface area contributed by atoms with Gasteiger partial charge in [0.05, 0.1) is 0 Å². The highest BCUT2D eigenvalue weighted by atomic mass is 16.5. The number of rotatable bonds is 9. The monoisotopic (exact) mass is 276 g/mol. The molecule has 0 atom stereocenters. The molecule has 0 aromatic heterocycles. The van der Waals surface area contributed by atoms with Gasteiger partial charge in [0, 0.05) is 25.3 Å². The Bertz CT molecular complexity index is 413. The smallest absolute Gasteiger partial charge is 0.251 e. The van der Waals surface area contributed by atoms with Gasteiger partial charge in [0.1, 0.15) is 0 Å². The molecule has 0 bridgehead atoms. The molecule has 3 N–H and O–H groups in total. The van der Waals surface area contributed by atoms with E-state index in [-0.39, 0.29) is 5.91 Å². The molecule has 1 saturated carbocycles. The molecular weight excluding hydrogens is 252 g/mol. The first-order valence-corrected chi connectivity index (χ1v) is 7.44. The first kappa shape index (κ1) is 15.0. The topological polar surface area (TPSA) is 64.4 Å². The van der Waals surface area contributed by atoms with Crippen LogP contribution in [-0.4, -0.2) is 32.2 Å². The number of hydrogen-bond donors (Lipinski definition) is 2. The maximum atomic E-state index is 11.9. The normalized spacial score (nSPS) is 14.2. The van der Waals surface area contributed by atoms with E-state index < -0.39 is 0 Å². The van der Waals surface area contributed by atoms with Gasteiger partial charge in [-0.25, -0.2) is 0 Å². The second kappa shape index (κ2) is 8.02. The molecule has 1 amide bonds. The van der Waals surface area contributed by atoms with E-state index in [2.05, 4.69) is 5.32 Å². The minimum absolute atomic E-state index is 0.0218. The Morgan fingerprint density at radius 1 is 1.30 bits per heavy atom. The van der Waals surface area contributed by atoms with Crippen LogP contribution in [0.15, 0.2) is 24.3 Å². The van der Waals surface area contributed by atoms with Gasteiger partial charge < -0.3 is 15.8 Å². The lowest BCUT2D eigenvalue weighted by molar-refractivity contribution is 0.0937. The molecule has 1 fully saturated rings. The van der Waals surface area contributed by atoms with Crippen molar-refractivity contribution in [1.82, 2.24) is 5.32 Å². The zero-order valence-electron chi connectivity index (χ0n) is 11.9. The van der Waals surface area contributed by atoms with Crippen LogP contribution in [0.4, 0.5) is 0 Å². The number of nitrogens with two attached hydrogens (primary N) is 1. The number of amides is 1. The van der Waals surface area contributed by atoms with Gasteiger partial charge in [-0.2, -0.15) is 0 Å². The quantitative estimate of drug-likeness (QED) is 0.675. The molecule has 1 aromatic rings. The van der Waals surface area contributed by atoms with Gasteiger partial charge in [0.25, 0.3) is 5.91 Å². The molecule has 0 spiro atoms. The van der Waals surface area contributed by atoms with E-state index in [0.717, 1.165) is 37.5 Å². The predicted molar refractivity (Wildman–Crippen MR) is 79.7 cm³/mol. The number of ether oxygens (including phenoxy) is 1. The molecule has 0 unspecified atom stereocenters. The summed E-state index contributed by atoms with van der Waals surface area (Å²) < 4.78 is 5.52. The summed E-state index contributed by atoms with van der Waals surface area (Å²) in [5, 5.41) is 2.91. The van der Waals surface area contributed by atoms with Crippen LogP contribution in [0.1, 0.15) is 35.2 Å². The van der Waals surface area contributed by atoms with Crippen molar-refractivity contribution in [3.63, 3.8) is 0 Å². The van der Waals surface area contributed by atoms with Crippen molar-refractivity contribution in [3.05, 3.63) is 35.4 Å². The largest absolute Gasteiger partial charge is 0.381 e. The van der Waals surface area contributed by atoms with Crippen molar-refractivity contribution >= 4 is 5.91 Å². The Balaban J connectivity index is 1.60. The standard InChI is InChI=1S/C16H24N2O2/c17-9-8-13-4-6-15(7-5-13)16(19)18-10-1-11-20-12-14-2-3-14/h4-7,14H,1-3,8-12,17H2,(H,18,19). The van der Waals surface area contributed by atoms with Crippen LogP contribution in [0.25, 0.3) is 0 Å². The van der Waals surface area contributed by atoms with Gasteiger partial charge in [-0.3, -0.25) is 4.79 Å². The number of nitrogens with one attached hydrogen (secondary N) is 1. The van der Waals surface area contributed by atoms with Crippen molar-refractivity contribution in [2.45, 2.75) is 25.7 Å². The molecule has 0 aliphatic heterocycles. The molecule has 0 radical (unpaired) electrons. The van der Waals surface area contributed by atoms with E-state index in [9.17, 15) is 4.79 Å². The molecule has 2 rings (SSSR count). The number of carbonyl (C=O) groups is 1. The Labute approximate surface area is 120 Å². The van der Waals surface area contributed by atoms with E-state index in [0.29, 0.717) is 18.7 Å². The van der Waals surface area contributed by atoms with Crippen LogP contribution in [-0.2, 0) is 11.2 Å². The summed E-state index contributed by atoms with van der Waals surface area (Å²) in [6.45, 7) is 2.91. The molecule has 110 valence electrons. The zero-order valence-corrected chi connectivity index (χ0v) is 11.9. The highest BCUT2D eigenvalue weighted by molar-refractivity contribution is 5.94. The van der Waals surface area contributed by atoms with E-state index in [1.54, 1.807) is 0 Å². The third-order valence-corrected chi connectivity index (χ3v) is 3.45. The molecule has 0 saturated heterocycles. The second-order valence-corrected chi connectivity index (χ2v) is 5.36. The first-order valence-electron chi connectivity index (χ1n) is 7.44. The fraction of sp³-hybridized carbons (Fsp3) is 0.562. The lowest BCUT2D eigenvalue weighted by atomic mass is 10.1. The van der Waals surface area contributed by atoms with Gasteiger partial charge in [0.2, 0.25) is 0 Å². The predicted octanol–water partition coefficient (Wildman–Crippen LogP) is 1.73. The van der Waals surface area contributed by atoms with Crippen molar-refractivity contribution in [2.75, 3.05) is 26.3 Å². The first-order chi connectivity index (χ1) is 9.79. The Kier molecular flexibility index (Phi) is 6.02. The number of benzene rings is 1. The van der Waals surface area contributed by atoms with Crippen LogP contribution in [0.5, 0.6) is 0 Å². The van der Waals surface area contributed by atoms with Crippen LogP contribution >= 0.6 is 0 Å². The van der Waals surface area contributed by atoms with Gasteiger partial charge in [-0.15, -0.1) is 0 Å². The minimum Gasteiger partial charge on any atom is -0.381 e. The summed E-state index contributed by atoms with van der Waals surface area (Å²) in [5.41, 5.74) is 7.36. The molecule has 1 aliphatic rings. The molecule has 20 heavy (non-hydrogen) atoms. The number of carbonyl (C=O) groups excluding carboxylic acids is 1. The van der Waals surface area contributed by atoms with Crippen molar-refractivity contribution < 1.29 is 9.53 Å². The molecular formula is C16H24N2O2. The third-order valence-electron chi connectivity index (χ3n) is 3.45. The van der Waals surface area contributed by atoms with Crippen molar-refractivity contribution in [2.24, 2.45) is 11.7 Å². The lowest BCUT2D eigenvalue weighted by Gasteiger charge is -2.07. The highest BCUT2D eigenvalue weighted by Gasteiger charge is 2.20. The Morgan fingerprint density at radius 3 is 2.70 bits per heavy atom. The highest BCUT2D eigenvalue weighted by Crippen LogP contribution is 2.28. The van der Waals surface area contributed by atoms with Gasteiger partial charge in [-0.1, -0.05) is 12.1 Å².